The van der Waals surface area contributed by atoms with E-state index in [2.05, 4.69) is 74.6 Å². The van der Waals surface area contributed by atoms with E-state index in [0.717, 1.165) is 77.0 Å². The lowest BCUT2D eigenvalue weighted by atomic mass is 10.1. The molecule has 8 nitrogen and oxygen atoms in total. The average Bonchev–Trinajstić information content (AvgIpc) is 3.17. The lowest BCUT2D eigenvalue weighted by Gasteiger charge is -2.31. The van der Waals surface area contributed by atoms with Crippen molar-refractivity contribution >= 4 is 17.9 Å². The summed E-state index contributed by atoms with van der Waals surface area (Å²) in [5.41, 5.74) is 0. The highest BCUT2D eigenvalue weighted by Crippen LogP contribution is 2.13. The minimum atomic E-state index is -0.889. The zero-order valence-electron chi connectivity index (χ0n) is 36.5. The Morgan fingerprint density at radius 1 is 0.544 bits per heavy atom. The first-order chi connectivity index (χ1) is 27.6. The highest BCUT2D eigenvalue weighted by atomic mass is 16.6. The summed E-state index contributed by atoms with van der Waals surface area (Å²) >= 11 is 0. The van der Waals surface area contributed by atoms with Crippen LogP contribution in [0.5, 0.6) is 0 Å². The molecule has 0 bridgehead atoms. The van der Waals surface area contributed by atoms with Crippen molar-refractivity contribution in [1.29, 1.82) is 0 Å². The van der Waals surface area contributed by atoms with Crippen LogP contribution in [-0.2, 0) is 28.6 Å². The molecule has 0 aromatic carbocycles. The zero-order chi connectivity index (χ0) is 42.1. The summed E-state index contributed by atoms with van der Waals surface area (Å²) in [5.74, 6) is -1.55. The van der Waals surface area contributed by atoms with Crippen LogP contribution in [0.25, 0.3) is 0 Å². The number of carbonyl (C=O) groups is 3. The van der Waals surface area contributed by atoms with Gasteiger partial charge >= 0.3 is 17.9 Å². The van der Waals surface area contributed by atoms with E-state index in [1.807, 2.05) is 57.6 Å². The van der Waals surface area contributed by atoms with Crippen LogP contribution in [0.4, 0.5) is 0 Å². The van der Waals surface area contributed by atoms with Crippen molar-refractivity contribution in [1.82, 2.24) is 0 Å². The van der Waals surface area contributed by atoms with Gasteiger partial charge in [0.1, 0.15) is 6.61 Å². The van der Waals surface area contributed by atoms with Crippen molar-refractivity contribution in [3.63, 3.8) is 0 Å². The Hall–Kier alpha value is -3.75. The second-order valence-electron chi connectivity index (χ2n) is 15.3. The smallest absolute Gasteiger partial charge is 0.362 e. The summed E-state index contributed by atoms with van der Waals surface area (Å²) in [5, 5.41) is 9.61. The molecule has 0 spiro atoms. The number of carboxylic acids is 1. The van der Waals surface area contributed by atoms with Gasteiger partial charge in [0.25, 0.3) is 0 Å². The van der Waals surface area contributed by atoms with Crippen molar-refractivity contribution in [2.75, 3.05) is 41.0 Å². The number of rotatable bonds is 37. The number of allylic oxidation sites excluding steroid dienone is 16. The first-order valence-electron chi connectivity index (χ1n) is 21.8. The minimum Gasteiger partial charge on any atom is -0.477 e. The van der Waals surface area contributed by atoms with E-state index in [4.69, 9.17) is 14.2 Å². The number of aliphatic carboxylic acids is 1. The molecule has 0 saturated heterocycles. The molecule has 0 aromatic heterocycles. The fraction of sp³-hybridized carbons (Fsp3) is 0.612. The summed E-state index contributed by atoms with van der Waals surface area (Å²) in [7, 11) is 5.49. The average molecular weight is 795 g/mol. The molecule has 2 unspecified atom stereocenters. The van der Waals surface area contributed by atoms with Crippen molar-refractivity contribution in [2.45, 2.75) is 154 Å². The Labute approximate surface area is 347 Å². The molecule has 8 heteroatoms. The van der Waals surface area contributed by atoms with E-state index < -0.39 is 18.1 Å². The van der Waals surface area contributed by atoms with E-state index in [1.54, 1.807) is 0 Å². The molecule has 0 rings (SSSR count). The maximum absolute atomic E-state index is 12.7. The van der Waals surface area contributed by atoms with Crippen LogP contribution in [0.2, 0.25) is 0 Å². The Morgan fingerprint density at radius 3 is 1.60 bits per heavy atom. The molecule has 0 aliphatic rings. The molecule has 57 heavy (non-hydrogen) atoms. The first kappa shape index (κ1) is 53.2. The maximum atomic E-state index is 12.7. The van der Waals surface area contributed by atoms with Gasteiger partial charge in [0.2, 0.25) is 0 Å². The fourth-order valence-electron chi connectivity index (χ4n) is 5.74. The van der Waals surface area contributed by atoms with Crippen LogP contribution in [0.15, 0.2) is 97.2 Å². The van der Waals surface area contributed by atoms with E-state index in [1.165, 1.54) is 25.7 Å². The summed E-state index contributed by atoms with van der Waals surface area (Å²) in [6, 6.07) is -0.629. The molecule has 0 saturated carbocycles. The number of esters is 2. The first-order valence-corrected chi connectivity index (χ1v) is 21.8. The fourth-order valence-corrected chi connectivity index (χ4v) is 5.74. The number of nitrogens with zero attached hydrogens (tertiary/aromatic N) is 1. The number of hydrogen-bond donors (Lipinski definition) is 1. The summed E-state index contributed by atoms with van der Waals surface area (Å²) in [4.78, 5) is 36.9. The molecular formula is C49H80NO7+. The molecule has 0 heterocycles. The number of quaternary nitrogens is 1. The number of carboxylic acid groups (broad SMARTS) is 1. The van der Waals surface area contributed by atoms with Crippen LogP contribution in [0, 0.1) is 0 Å². The normalized spacial score (nSPS) is 13.9. The van der Waals surface area contributed by atoms with Gasteiger partial charge in [-0.2, -0.15) is 0 Å². The van der Waals surface area contributed by atoms with E-state index in [0.29, 0.717) is 19.3 Å². The monoisotopic (exact) mass is 795 g/mol. The van der Waals surface area contributed by atoms with Crippen LogP contribution in [0.3, 0.4) is 0 Å². The summed E-state index contributed by atoms with van der Waals surface area (Å²) in [6.45, 7) is 4.40. The van der Waals surface area contributed by atoms with Gasteiger partial charge in [-0.25, -0.2) is 4.79 Å². The third-order valence-corrected chi connectivity index (χ3v) is 9.07. The largest absolute Gasteiger partial charge is 0.477 e. The molecule has 0 aromatic rings. The lowest BCUT2D eigenvalue weighted by Crippen LogP contribution is -2.50. The Balaban J connectivity index is 4.40. The predicted octanol–water partition coefficient (Wildman–Crippen LogP) is 11.9. The number of unbranched alkanes of at least 4 members (excludes halogenated alkanes) is 10. The third-order valence-electron chi connectivity index (χ3n) is 9.07. The van der Waals surface area contributed by atoms with Crippen molar-refractivity contribution < 1.29 is 38.2 Å². The number of likely N-dealkylation sites (N-methyl/N-ethyl adjacent to an activating group) is 1. The molecule has 0 aliphatic heterocycles. The zero-order valence-corrected chi connectivity index (χ0v) is 36.5. The van der Waals surface area contributed by atoms with Crippen molar-refractivity contribution in [3.05, 3.63) is 97.2 Å². The predicted molar refractivity (Wildman–Crippen MR) is 238 cm³/mol. The highest BCUT2D eigenvalue weighted by molar-refractivity contribution is 5.72. The second-order valence-corrected chi connectivity index (χ2v) is 15.3. The molecule has 0 amide bonds. The van der Waals surface area contributed by atoms with Crippen LogP contribution < -0.4 is 0 Å². The third kappa shape index (κ3) is 37.6. The highest BCUT2D eigenvalue weighted by Gasteiger charge is 2.31. The van der Waals surface area contributed by atoms with Gasteiger partial charge in [-0.15, -0.1) is 0 Å². The van der Waals surface area contributed by atoms with Gasteiger partial charge in [0, 0.05) is 19.3 Å². The van der Waals surface area contributed by atoms with E-state index in [9.17, 15) is 19.5 Å². The number of carbonyl (C=O) groups excluding carboxylic acids is 2. The lowest BCUT2D eigenvalue weighted by molar-refractivity contribution is -0.887. The minimum absolute atomic E-state index is 0.0349. The molecule has 322 valence electrons. The quantitative estimate of drug-likeness (QED) is 0.0220. The Bertz CT molecular complexity index is 1250. The van der Waals surface area contributed by atoms with Crippen LogP contribution >= 0.6 is 0 Å². The second kappa shape index (κ2) is 39.1. The molecule has 0 radical (unpaired) electrons. The molecular weight excluding hydrogens is 715 g/mol. The van der Waals surface area contributed by atoms with Gasteiger partial charge in [0.05, 0.1) is 34.4 Å². The van der Waals surface area contributed by atoms with Gasteiger partial charge in [0.15, 0.2) is 12.1 Å². The van der Waals surface area contributed by atoms with Crippen LogP contribution in [0.1, 0.15) is 142 Å². The van der Waals surface area contributed by atoms with Gasteiger partial charge < -0.3 is 23.8 Å². The SMILES string of the molecule is CC/C=C/C=C/C=C/C=C/CCCCCC(=O)OC(COCCC(C(=O)O)[N+](C)(C)C)COC(=O)CCCCCCCCC/C=C/C/C=C/C/C=C/C/C=C/CC. The molecule has 1 N–H and O–H groups in total. The van der Waals surface area contributed by atoms with Gasteiger partial charge in [-0.05, 0) is 70.6 Å². The molecule has 2 atom stereocenters. The Kier molecular flexibility index (Phi) is 36.5. The topological polar surface area (TPSA) is 99.1 Å². The maximum Gasteiger partial charge on any atom is 0.362 e. The van der Waals surface area contributed by atoms with Crippen molar-refractivity contribution in [3.8, 4) is 0 Å². The van der Waals surface area contributed by atoms with E-state index in [-0.39, 0.29) is 42.7 Å². The summed E-state index contributed by atoms with van der Waals surface area (Å²) < 4.78 is 17.2. The number of hydrogen-bond acceptors (Lipinski definition) is 6. The number of ether oxygens (including phenoxy) is 3. The molecule has 0 fully saturated rings. The van der Waals surface area contributed by atoms with Gasteiger partial charge in [-0.3, -0.25) is 9.59 Å². The Morgan fingerprint density at radius 2 is 1.02 bits per heavy atom. The standard InChI is InChI=1S/C49H79NO7/c1-6-8-10-12-14-16-18-20-21-22-23-24-25-26-28-29-31-33-35-37-39-47(51)56-44-45(43-55-42-41-46(49(53)54)50(3,4)5)57-48(52)40-38-36-34-32-30-27-19-17-15-13-11-9-7-2/h8-11,13-17,19-21,23-24,27,30,45-46H,6-7,12,18,22,25-26,28-29,31-44H2,1-5H3/p+1/b10-8+,11-9+,15-13+,16-14+,19-17+,21-20+,24-23+,30-27+. The van der Waals surface area contributed by atoms with Gasteiger partial charge in [-0.1, -0.05) is 150 Å². The van der Waals surface area contributed by atoms with E-state index >= 15 is 0 Å². The summed E-state index contributed by atoms with van der Waals surface area (Å²) in [6.07, 6.45) is 51.7. The molecule has 0 aliphatic carbocycles. The van der Waals surface area contributed by atoms with Crippen LogP contribution in [-0.4, -0.2) is 80.6 Å². The van der Waals surface area contributed by atoms with Crippen molar-refractivity contribution in [2.24, 2.45) is 0 Å².